The van der Waals surface area contributed by atoms with Gasteiger partial charge in [0.2, 0.25) is 0 Å². The van der Waals surface area contributed by atoms with Gasteiger partial charge in [-0.25, -0.2) is 0 Å². The van der Waals surface area contributed by atoms with Gasteiger partial charge < -0.3 is 0 Å². The zero-order chi connectivity index (χ0) is 18.9. The maximum atomic E-state index is 9.33. The molecule has 9 heteroatoms. The Balaban J connectivity index is 0. The Morgan fingerprint density at radius 1 is 0.957 bits per heavy atom. The van der Waals surface area contributed by atoms with Crippen molar-refractivity contribution in [2.45, 2.75) is 47.3 Å². The molecule has 0 aliphatic rings. The second-order valence-corrected chi connectivity index (χ2v) is 17.6. The lowest BCUT2D eigenvalue weighted by Crippen LogP contribution is -2.43. The van der Waals surface area contributed by atoms with Crippen LogP contribution in [0.4, 0.5) is 0 Å². The van der Waals surface area contributed by atoms with Gasteiger partial charge >= 0.3 is 10.4 Å². The summed E-state index contributed by atoms with van der Waals surface area (Å²) in [7, 11) is -5.39. The molecule has 142 valence electrons. The van der Waals surface area contributed by atoms with Crippen molar-refractivity contribution in [2.24, 2.45) is 0 Å². The zero-order valence-corrected chi connectivity index (χ0v) is 19.2. The number of nitrogens with zero attached hydrogens (tertiary/aromatic N) is 2. The first-order valence-corrected chi connectivity index (χ1v) is 15.6. The van der Waals surface area contributed by atoms with Crippen LogP contribution in [0.5, 0.6) is 0 Å². The van der Waals surface area contributed by atoms with Crippen LogP contribution in [0.3, 0.4) is 0 Å². The highest BCUT2D eigenvalue weighted by Crippen LogP contribution is 2.62. The topological polar surface area (TPSA) is 70.1 Å². The molecule has 0 heterocycles. The van der Waals surface area contributed by atoms with E-state index < -0.39 is 26.0 Å². The minimum Gasteiger partial charge on any atom is -0.264 e. The van der Waals surface area contributed by atoms with Crippen LogP contribution in [0.2, 0.25) is 19.6 Å². The summed E-state index contributed by atoms with van der Waals surface area (Å²) in [6, 6.07) is 0. The van der Waals surface area contributed by atoms with E-state index in [1.54, 1.807) is 0 Å². The summed E-state index contributed by atoms with van der Waals surface area (Å²) >= 11 is 0. The van der Waals surface area contributed by atoms with Crippen molar-refractivity contribution in [3.8, 4) is 0 Å². The molecule has 0 aromatic rings. The highest BCUT2D eigenvalue weighted by molar-refractivity contribution is 7.80. The molecule has 0 saturated carbocycles. The fraction of sp³-hybridized carbons (Fsp3) is 1.00. The lowest BCUT2D eigenvalue weighted by Gasteiger charge is -2.42. The molecule has 0 aromatic heterocycles. The van der Waals surface area contributed by atoms with Gasteiger partial charge in [0, 0.05) is 26.2 Å². The third-order valence-corrected chi connectivity index (χ3v) is 13.8. The molecule has 0 radical (unpaired) electrons. The van der Waals surface area contributed by atoms with Crippen LogP contribution < -0.4 is 0 Å². The molecule has 0 aliphatic heterocycles. The summed E-state index contributed by atoms with van der Waals surface area (Å²) < 4.78 is 35.2. The molecule has 0 amide bonds. The Kier molecular flexibility index (Phi) is 12.4. The summed E-state index contributed by atoms with van der Waals surface area (Å²) in [5.74, 6) is 1.46. The Hall–Kier alpha value is 0.437. The molecule has 1 N–H and O–H groups in total. The number of hydrogen-bond donors (Lipinski definition) is 1. The second-order valence-electron chi connectivity index (χ2n) is 6.68. The zero-order valence-electron chi connectivity index (χ0n) is 16.5. The van der Waals surface area contributed by atoms with Crippen LogP contribution in [0.1, 0.15) is 27.7 Å². The van der Waals surface area contributed by atoms with Gasteiger partial charge in [0.25, 0.3) is 0 Å². The molecule has 0 spiro atoms. The normalized spacial score (nSPS) is 13.2. The van der Waals surface area contributed by atoms with Crippen LogP contribution in [-0.2, 0) is 14.6 Å². The largest absolute Gasteiger partial charge is 0.397 e. The highest BCUT2D eigenvalue weighted by atomic mass is 32.3. The molecule has 0 unspecified atom stereocenters. The Bertz CT molecular complexity index is 395. The van der Waals surface area contributed by atoms with Crippen molar-refractivity contribution in [2.75, 3.05) is 45.7 Å². The highest BCUT2D eigenvalue weighted by Gasteiger charge is 2.46. The van der Waals surface area contributed by atoms with Gasteiger partial charge in [-0.1, -0.05) is 19.6 Å². The van der Waals surface area contributed by atoms with Crippen LogP contribution in [0.15, 0.2) is 0 Å². The molecule has 0 atom stereocenters. The van der Waals surface area contributed by atoms with Gasteiger partial charge in [-0.2, -0.15) is 17.8 Å². The standard InChI is InChI=1S/C13H34N2PSi.CH4O4S/c1-9-14(10-2)16(5,13-17(6,7)8)15(11-3)12-4;1-5-6(2,3)4/h9-13H2,1-8H3;1H3,(H,2,3,4)/q+1;. The van der Waals surface area contributed by atoms with Crippen molar-refractivity contribution in [3.63, 3.8) is 0 Å². The van der Waals surface area contributed by atoms with E-state index in [2.05, 4.69) is 67.5 Å². The third-order valence-electron chi connectivity index (χ3n) is 3.66. The maximum absolute atomic E-state index is 9.33. The Labute approximate surface area is 146 Å². The summed E-state index contributed by atoms with van der Waals surface area (Å²) in [5.41, 5.74) is 0. The van der Waals surface area contributed by atoms with Crippen molar-refractivity contribution < 1.29 is 17.2 Å². The Morgan fingerprint density at radius 2 is 1.22 bits per heavy atom. The first-order valence-electron chi connectivity index (χ1n) is 8.20. The minimum atomic E-state index is -4.16. The number of hydrogen-bond acceptors (Lipinski definition) is 5. The van der Waals surface area contributed by atoms with E-state index in [1.807, 2.05) is 0 Å². The fourth-order valence-electron chi connectivity index (χ4n) is 2.94. The van der Waals surface area contributed by atoms with Crippen LogP contribution in [0.25, 0.3) is 0 Å². The van der Waals surface area contributed by atoms with E-state index in [0.717, 1.165) is 7.11 Å². The van der Waals surface area contributed by atoms with Crippen molar-refractivity contribution in [3.05, 3.63) is 0 Å². The first kappa shape index (κ1) is 25.7. The van der Waals surface area contributed by atoms with Crippen LogP contribution >= 0.6 is 7.56 Å². The lowest BCUT2D eigenvalue weighted by molar-refractivity contribution is 0.324. The summed E-state index contributed by atoms with van der Waals surface area (Å²) in [6.07, 6.45) is 0. The number of rotatable bonds is 9. The summed E-state index contributed by atoms with van der Waals surface area (Å²) in [6.45, 7) is 24.1. The van der Waals surface area contributed by atoms with Crippen LogP contribution in [-0.4, -0.2) is 76.1 Å². The average Bonchev–Trinajstić information content (AvgIpc) is 2.39. The molecule has 0 aliphatic carbocycles. The Morgan fingerprint density at radius 3 is 1.35 bits per heavy atom. The smallest absolute Gasteiger partial charge is 0.264 e. The van der Waals surface area contributed by atoms with E-state index >= 15 is 0 Å². The molecular weight excluding hydrogens is 351 g/mol. The van der Waals surface area contributed by atoms with Gasteiger partial charge in [0.15, 0.2) is 0 Å². The van der Waals surface area contributed by atoms with Gasteiger partial charge in [-0.15, -0.1) is 0 Å². The fourth-order valence-corrected chi connectivity index (χ4v) is 14.5. The van der Waals surface area contributed by atoms with Gasteiger partial charge in [-0.05, 0) is 27.7 Å². The van der Waals surface area contributed by atoms with Crippen molar-refractivity contribution in [1.29, 1.82) is 0 Å². The molecule has 0 saturated heterocycles. The van der Waals surface area contributed by atoms with E-state index in [0.29, 0.717) is 0 Å². The van der Waals surface area contributed by atoms with Gasteiger partial charge in [-0.3, -0.25) is 8.74 Å². The molecular formula is C14H38N2O4PSSi+. The molecule has 0 aromatic carbocycles. The first-order chi connectivity index (χ1) is 10.3. The molecule has 0 fully saturated rings. The predicted octanol–water partition coefficient (Wildman–Crippen LogP) is 3.46. The van der Waals surface area contributed by atoms with Crippen molar-refractivity contribution >= 4 is 26.0 Å². The van der Waals surface area contributed by atoms with Crippen LogP contribution in [0, 0.1) is 0 Å². The molecule has 23 heavy (non-hydrogen) atoms. The van der Waals surface area contributed by atoms with Crippen molar-refractivity contribution in [1.82, 2.24) is 9.34 Å². The second kappa shape index (κ2) is 11.1. The average molecular weight is 390 g/mol. The van der Waals surface area contributed by atoms with E-state index in [4.69, 9.17) is 4.55 Å². The third kappa shape index (κ3) is 10.8. The molecule has 0 bridgehead atoms. The quantitative estimate of drug-likeness (QED) is 0.370. The SMILES string of the molecule is CCN(CC)[P+](C)(C[Si](C)(C)C)N(CC)CC.COS(=O)(=O)O. The lowest BCUT2D eigenvalue weighted by atomic mass is 10.7. The van der Waals surface area contributed by atoms with E-state index in [9.17, 15) is 8.42 Å². The minimum absolute atomic E-state index is 0.870. The summed E-state index contributed by atoms with van der Waals surface area (Å²) in [5, 5.41) is 0. The van der Waals surface area contributed by atoms with E-state index in [-0.39, 0.29) is 0 Å². The van der Waals surface area contributed by atoms with Gasteiger partial charge in [0.05, 0.1) is 27.6 Å². The van der Waals surface area contributed by atoms with Gasteiger partial charge in [0.1, 0.15) is 7.56 Å². The maximum Gasteiger partial charge on any atom is 0.397 e. The molecule has 0 rings (SSSR count). The monoisotopic (exact) mass is 389 g/mol. The summed E-state index contributed by atoms with van der Waals surface area (Å²) in [4.78, 5) is 0. The van der Waals surface area contributed by atoms with E-state index in [1.165, 1.54) is 32.0 Å². The predicted molar refractivity (Wildman–Crippen MR) is 105 cm³/mol. The molecule has 6 nitrogen and oxygen atoms in total.